The van der Waals surface area contributed by atoms with Gasteiger partial charge in [-0.3, -0.25) is 9.80 Å². The highest BCUT2D eigenvalue weighted by Gasteiger charge is 2.32. The topological polar surface area (TPSA) is 58.4 Å². The van der Waals surface area contributed by atoms with E-state index in [-0.39, 0.29) is 5.91 Å². The molecule has 0 spiro atoms. The Labute approximate surface area is 128 Å². The molecule has 0 bridgehead atoms. The van der Waals surface area contributed by atoms with Crippen LogP contribution in [0.3, 0.4) is 0 Å². The largest absolute Gasteiger partial charge is 0.356 e. The van der Waals surface area contributed by atoms with Gasteiger partial charge >= 0.3 is 0 Å². The van der Waals surface area contributed by atoms with Gasteiger partial charge in [0.25, 0.3) is 0 Å². The zero-order chi connectivity index (χ0) is 14.6. The van der Waals surface area contributed by atoms with Gasteiger partial charge in [-0.25, -0.2) is 5.84 Å². The number of carbonyl (C=O) groups is 1. The summed E-state index contributed by atoms with van der Waals surface area (Å²) in [6.07, 6.45) is 7.36. The van der Waals surface area contributed by atoms with Crippen molar-refractivity contribution >= 4 is 28.5 Å². The third-order valence-electron chi connectivity index (χ3n) is 3.03. The van der Waals surface area contributed by atoms with Gasteiger partial charge in [0, 0.05) is 16.3 Å². The number of halogens is 1. The van der Waals surface area contributed by atoms with Crippen molar-refractivity contribution in [1.29, 1.82) is 0 Å². The van der Waals surface area contributed by atoms with Crippen molar-refractivity contribution in [2.24, 2.45) is 11.3 Å². The number of nitrogens with zero attached hydrogens (tertiary/aromatic N) is 1. The van der Waals surface area contributed by atoms with Crippen LogP contribution in [0.4, 0.5) is 0 Å². The Morgan fingerprint density at radius 3 is 2.68 bits per heavy atom. The van der Waals surface area contributed by atoms with Crippen molar-refractivity contribution in [2.75, 3.05) is 6.54 Å². The molecule has 0 saturated heterocycles. The first-order chi connectivity index (χ1) is 8.84. The van der Waals surface area contributed by atoms with Crippen LogP contribution in [0.2, 0.25) is 0 Å². The van der Waals surface area contributed by atoms with Crippen LogP contribution in [0.1, 0.15) is 20.8 Å². The molecule has 0 radical (unpaired) electrons. The van der Waals surface area contributed by atoms with E-state index in [4.69, 9.17) is 5.84 Å². The number of allylic oxidation sites excluding steroid dienone is 4. The molecule has 0 aromatic carbocycles. The highest BCUT2D eigenvalue weighted by Crippen LogP contribution is 2.32. The van der Waals surface area contributed by atoms with Gasteiger partial charge in [-0.15, -0.1) is 0 Å². The number of nitrogens with two attached hydrogens (primary N) is 1. The molecule has 0 atom stereocenters. The van der Waals surface area contributed by atoms with Gasteiger partial charge in [0.1, 0.15) is 0 Å². The summed E-state index contributed by atoms with van der Waals surface area (Å²) in [5.41, 5.74) is 1.12. The molecule has 1 heterocycles. The highest BCUT2D eigenvalue weighted by atomic mass is 127. The van der Waals surface area contributed by atoms with E-state index in [0.29, 0.717) is 6.54 Å². The molecule has 0 saturated carbocycles. The van der Waals surface area contributed by atoms with Crippen molar-refractivity contribution in [3.8, 4) is 0 Å². The SMILES string of the molecule is C=C/C(I)=C1/C=CC(C(C)(C)C(=O)NCC)=CN1N. The summed E-state index contributed by atoms with van der Waals surface area (Å²) in [7, 11) is 0. The number of rotatable bonds is 4. The second-order valence-electron chi connectivity index (χ2n) is 4.75. The van der Waals surface area contributed by atoms with E-state index in [1.807, 2.05) is 32.9 Å². The van der Waals surface area contributed by atoms with Gasteiger partial charge in [0.2, 0.25) is 5.91 Å². The summed E-state index contributed by atoms with van der Waals surface area (Å²) in [6, 6.07) is 0. The van der Waals surface area contributed by atoms with E-state index in [0.717, 1.165) is 14.8 Å². The summed E-state index contributed by atoms with van der Waals surface area (Å²) in [6.45, 7) is 10.0. The molecular formula is C14H20IN3O. The molecule has 0 fully saturated rings. The van der Waals surface area contributed by atoms with Crippen LogP contribution in [0.5, 0.6) is 0 Å². The maximum Gasteiger partial charge on any atom is 0.230 e. The Balaban J connectivity index is 3.05. The van der Waals surface area contributed by atoms with Gasteiger partial charge in [-0.2, -0.15) is 0 Å². The Bertz CT molecular complexity index is 475. The molecule has 19 heavy (non-hydrogen) atoms. The molecule has 3 N–H and O–H groups in total. The number of amides is 1. The molecular weight excluding hydrogens is 353 g/mol. The van der Waals surface area contributed by atoms with Crippen molar-refractivity contribution in [1.82, 2.24) is 10.3 Å². The Morgan fingerprint density at radius 2 is 2.21 bits per heavy atom. The van der Waals surface area contributed by atoms with Crippen LogP contribution in [0, 0.1) is 5.41 Å². The van der Waals surface area contributed by atoms with Gasteiger partial charge in [-0.05, 0) is 55.0 Å². The van der Waals surface area contributed by atoms with Crippen LogP contribution < -0.4 is 11.2 Å². The lowest BCUT2D eigenvalue weighted by molar-refractivity contribution is -0.127. The Hall–Kier alpha value is -1.08. The van der Waals surface area contributed by atoms with Crippen LogP contribution >= 0.6 is 22.6 Å². The predicted octanol–water partition coefficient (Wildman–Crippen LogP) is 2.61. The van der Waals surface area contributed by atoms with Crippen molar-refractivity contribution < 1.29 is 4.79 Å². The first-order valence-corrected chi connectivity index (χ1v) is 7.17. The molecule has 1 aliphatic heterocycles. The summed E-state index contributed by atoms with van der Waals surface area (Å²) < 4.78 is 0.961. The third-order valence-corrected chi connectivity index (χ3v) is 4.02. The van der Waals surface area contributed by atoms with E-state index in [1.165, 1.54) is 5.01 Å². The second-order valence-corrected chi connectivity index (χ2v) is 5.91. The Kier molecular flexibility index (Phi) is 5.37. The first-order valence-electron chi connectivity index (χ1n) is 6.09. The molecule has 4 nitrogen and oxygen atoms in total. The molecule has 1 amide bonds. The zero-order valence-corrected chi connectivity index (χ0v) is 13.7. The maximum absolute atomic E-state index is 12.1. The molecule has 0 aromatic heterocycles. The fraction of sp³-hybridized carbons (Fsp3) is 0.357. The van der Waals surface area contributed by atoms with E-state index < -0.39 is 5.41 Å². The molecule has 104 valence electrons. The number of nitrogens with one attached hydrogen (secondary N) is 1. The summed E-state index contributed by atoms with van der Waals surface area (Å²) in [5, 5.41) is 4.37. The lowest BCUT2D eigenvalue weighted by atomic mass is 9.82. The normalized spacial score (nSPS) is 17.9. The second kappa shape index (κ2) is 6.38. The quantitative estimate of drug-likeness (QED) is 0.589. The average molecular weight is 373 g/mol. The predicted molar refractivity (Wildman–Crippen MR) is 87.0 cm³/mol. The Morgan fingerprint density at radius 1 is 1.58 bits per heavy atom. The van der Waals surface area contributed by atoms with E-state index >= 15 is 0 Å². The van der Waals surface area contributed by atoms with Crippen molar-refractivity contribution in [3.05, 3.63) is 45.9 Å². The number of hydrogen-bond donors (Lipinski definition) is 2. The first kappa shape index (κ1) is 16.0. The fourth-order valence-electron chi connectivity index (χ4n) is 1.71. The van der Waals surface area contributed by atoms with Gasteiger partial charge in [0.05, 0.1) is 11.1 Å². The van der Waals surface area contributed by atoms with Crippen LogP contribution in [-0.4, -0.2) is 17.5 Å². The summed E-state index contributed by atoms with van der Waals surface area (Å²) in [4.78, 5) is 12.1. The van der Waals surface area contributed by atoms with Crippen LogP contribution in [0.25, 0.3) is 0 Å². The van der Waals surface area contributed by atoms with E-state index in [2.05, 4.69) is 34.5 Å². The zero-order valence-electron chi connectivity index (χ0n) is 11.5. The van der Waals surface area contributed by atoms with Crippen molar-refractivity contribution in [2.45, 2.75) is 20.8 Å². The molecule has 0 aromatic rings. The van der Waals surface area contributed by atoms with Crippen LogP contribution in [0.15, 0.2) is 45.9 Å². The van der Waals surface area contributed by atoms with Crippen molar-refractivity contribution in [3.63, 3.8) is 0 Å². The van der Waals surface area contributed by atoms with Crippen LogP contribution in [-0.2, 0) is 4.79 Å². The lowest BCUT2D eigenvalue weighted by Crippen LogP contribution is -2.39. The van der Waals surface area contributed by atoms with Gasteiger partial charge < -0.3 is 5.32 Å². The minimum Gasteiger partial charge on any atom is -0.356 e. The number of carbonyl (C=O) groups excluding carboxylic acids is 1. The molecule has 0 aliphatic carbocycles. The smallest absolute Gasteiger partial charge is 0.230 e. The van der Waals surface area contributed by atoms with Gasteiger partial charge in [0.15, 0.2) is 0 Å². The fourth-order valence-corrected chi connectivity index (χ4v) is 2.17. The third kappa shape index (κ3) is 3.48. The molecule has 1 aliphatic rings. The minimum atomic E-state index is -0.616. The highest BCUT2D eigenvalue weighted by molar-refractivity contribution is 14.1. The molecule has 0 unspecified atom stereocenters. The van der Waals surface area contributed by atoms with E-state index in [9.17, 15) is 4.79 Å². The minimum absolute atomic E-state index is 0.00912. The molecule has 1 rings (SSSR count). The monoisotopic (exact) mass is 373 g/mol. The number of hydrazine groups is 1. The lowest BCUT2D eigenvalue weighted by Gasteiger charge is -2.30. The standard InChI is InChI=1S/C14H20IN3O/c1-5-11(15)12-8-7-10(9-18(12)16)14(3,4)13(19)17-6-2/h5,7-9H,1,6,16H2,2-4H3,(H,17,19)/b12-11+. The number of hydrogen-bond acceptors (Lipinski definition) is 3. The van der Waals surface area contributed by atoms with E-state index in [1.54, 1.807) is 12.3 Å². The summed E-state index contributed by atoms with van der Waals surface area (Å²) >= 11 is 2.17. The average Bonchev–Trinajstić information content (AvgIpc) is 2.37. The molecule has 5 heteroatoms. The van der Waals surface area contributed by atoms with Gasteiger partial charge in [-0.1, -0.05) is 18.7 Å². The summed E-state index contributed by atoms with van der Waals surface area (Å²) in [5.74, 6) is 5.97. The maximum atomic E-state index is 12.1.